The fourth-order valence-electron chi connectivity index (χ4n) is 3.31. The lowest BCUT2D eigenvalue weighted by Crippen LogP contribution is -2.41. The summed E-state index contributed by atoms with van der Waals surface area (Å²) in [5.74, 6) is 1.09. The van der Waals surface area contributed by atoms with Gasteiger partial charge in [0.2, 0.25) is 5.96 Å². The molecule has 0 N–H and O–H groups in total. The summed E-state index contributed by atoms with van der Waals surface area (Å²) in [6.07, 6.45) is 1.12. The van der Waals surface area contributed by atoms with Gasteiger partial charge in [-0.3, -0.25) is 4.99 Å². The van der Waals surface area contributed by atoms with Gasteiger partial charge in [-0.25, -0.2) is 0 Å². The first-order chi connectivity index (χ1) is 11.1. The summed E-state index contributed by atoms with van der Waals surface area (Å²) in [6, 6.07) is 12.7. The normalized spacial score (nSPS) is 16.2. The van der Waals surface area contributed by atoms with Gasteiger partial charge in [-0.1, -0.05) is 23.7 Å². The first-order valence-electron chi connectivity index (χ1n) is 8.09. The monoisotopic (exact) mass is 325 g/mol. The number of aliphatic imine (C=N–C) groups is 1. The van der Waals surface area contributed by atoms with Crippen LogP contribution in [0.5, 0.6) is 0 Å². The first kappa shape index (κ1) is 14.6. The molecule has 0 amide bonds. The predicted molar refractivity (Wildman–Crippen MR) is 97.8 cm³/mol. The van der Waals surface area contributed by atoms with Crippen LogP contribution in [0.4, 0.5) is 11.4 Å². The van der Waals surface area contributed by atoms with Crippen LogP contribution in [0, 0.1) is 13.8 Å². The van der Waals surface area contributed by atoms with Gasteiger partial charge >= 0.3 is 0 Å². The van der Waals surface area contributed by atoms with Crippen molar-refractivity contribution in [3.63, 3.8) is 0 Å². The van der Waals surface area contributed by atoms with Gasteiger partial charge in [-0.2, -0.15) is 0 Å². The van der Waals surface area contributed by atoms with E-state index in [1.165, 1.54) is 28.1 Å². The van der Waals surface area contributed by atoms with Crippen LogP contribution in [0.1, 0.15) is 23.1 Å². The molecule has 0 atom stereocenters. The Bertz CT molecular complexity index is 780. The Balaban J connectivity index is 1.77. The maximum Gasteiger partial charge on any atom is 0.206 e. The smallest absolute Gasteiger partial charge is 0.206 e. The molecule has 0 aromatic heterocycles. The van der Waals surface area contributed by atoms with E-state index in [1.54, 1.807) is 0 Å². The number of nitrogens with zero attached hydrogens (tertiary/aromatic N) is 3. The molecule has 0 radical (unpaired) electrons. The molecule has 0 spiro atoms. The lowest BCUT2D eigenvalue weighted by atomic mass is 10.1. The van der Waals surface area contributed by atoms with Crippen molar-refractivity contribution >= 4 is 28.9 Å². The van der Waals surface area contributed by atoms with Crippen molar-refractivity contribution in [1.29, 1.82) is 0 Å². The largest absolute Gasteiger partial charge is 0.310 e. The molecule has 2 aliphatic heterocycles. The van der Waals surface area contributed by atoms with Crippen LogP contribution in [-0.2, 0) is 6.54 Å². The van der Waals surface area contributed by atoms with E-state index in [-0.39, 0.29) is 0 Å². The van der Waals surface area contributed by atoms with Gasteiger partial charge in [0.15, 0.2) is 0 Å². The summed E-state index contributed by atoms with van der Waals surface area (Å²) < 4.78 is 0. The molecule has 23 heavy (non-hydrogen) atoms. The van der Waals surface area contributed by atoms with E-state index in [4.69, 9.17) is 16.6 Å². The van der Waals surface area contributed by atoms with Crippen molar-refractivity contribution in [1.82, 2.24) is 0 Å². The van der Waals surface area contributed by atoms with E-state index in [1.807, 2.05) is 12.1 Å². The zero-order chi connectivity index (χ0) is 16.0. The van der Waals surface area contributed by atoms with Crippen LogP contribution < -0.4 is 9.80 Å². The first-order valence-corrected chi connectivity index (χ1v) is 8.46. The molecule has 0 fully saturated rings. The molecule has 2 aliphatic rings. The van der Waals surface area contributed by atoms with Crippen molar-refractivity contribution in [2.45, 2.75) is 26.8 Å². The molecule has 0 saturated carbocycles. The fraction of sp³-hybridized carbons (Fsp3) is 0.316. The van der Waals surface area contributed by atoms with Gasteiger partial charge in [-0.15, -0.1) is 0 Å². The highest BCUT2D eigenvalue weighted by molar-refractivity contribution is 6.30. The summed E-state index contributed by atoms with van der Waals surface area (Å²) in [5, 5.41) is 0.777. The number of guanidine groups is 1. The summed E-state index contributed by atoms with van der Waals surface area (Å²) in [7, 11) is 0. The number of rotatable bonds is 2. The molecule has 4 rings (SSSR count). The van der Waals surface area contributed by atoms with Crippen molar-refractivity contribution in [3.05, 3.63) is 58.1 Å². The maximum absolute atomic E-state index is 6.01. The quantitative estimate of drug-likeness (QED) is 0.807. The number of halogens is 1. The molecule has 0 aliphatic carbocycles. The molecule has 118 valence electrons. The van der Waals surface area contributed by atoms with Gasteiger partial charge in [0.25, 0.3) is 0 Å². The third kappa shape index (κ3) is 2.49. The maximum atomic E-state index is 6.01. The number of aryl methyl sites for hydroxylation is 2. The molecule has 2 aromatic rings. The Morgan fingerprint density at radius 3 is 2.48 bits per heavy atom. The predicted octanol–water partition coefficient (Wildman–Crippen LogP) is 4.54. The lowest BCUT2D eigenvalue weighted by Gasteiger charge is -2.27. The summed E-state index contributed by atoms with van der Waals surface area (Å²) in [6.45, 7) is 7.13. The third-order valence-electron chi connectivity index (χ3n) is 4.70. The molecule has 0 bridgehead atoms. The number of hydrogen-bond acceptors (Lipinski definition) is 3. The molecular weight excluding hydrogens is 306 g/mol. The van der Waals surface area contributed by atoms with E-state index in [9.17, 15) is 0 Å². The molecule has 4 heteroatoms. The van der Waals surface area contributed by atoms with Crippen molar-refractivity contribution in [2.75, 3.05) is 22.9 Å². The van der Waals surface area contributed by atoms with Crippen LogP contribution in [0.25, 0.3) is 0 Å². The molecule has 0 saturated heterocycles. The highest BCUT2D eigenvalue weighted by atomic mass is 35.5. The zero-order valence-corrected chi connectivity index (χ0v) is 14.3. The van der Waals surface area contributed by atoms with Gasteiger partial charge < -0.3 is 9.80 Å². The molecule has 2 aromatic carbocycles. The van der Waals surface area contributed by atoms with Crippen LogP contribution >= 0.6 is 11.6 Å². The van der Waals surface area contributed by atoms with Crippen LogP contribution in [0.2, 0.25) is 5.02 Å². The van der Waals surface area contributed by atoms with Crippen molar-refractivity contribution < 1.29 is 0 Å². The molecule has 0 unspecified atom stereocenters. The minimum absolute atomic E-state index is 0.777. The lowest BCUT2D eigenvalue weighted by molar-refractivity contribution is 0.784. The van der Waals surface area contributed by atoms with E-state index < -0.39 is 0 Å². The summed E-state index contributed by atoms with van der Waals surface area (Å²) in [4.78, 5) is 9.50. The minimum Gasteiger partial charge on any atom is -0.310 e. The number of fused-ring (bicyclic) bond motifs is 3. The Morgan fingerprint density at radius 1 is 1.04 bits per heavy atom. The summed E-state index contributed by atoms with van der Waals surface area (Å²) >= 11 is 6.01. The second-order valence-corrected chi connectivity index (χ2v) is 6.76. The van der Waals surface area contributed by atoms with Crippen molar-refractivity contribution in [2.24, 2.45) is 4.99 Å². The topological polar surface area (TPSA) is 18.8 Å². The third-order valence-corrected chi connectivity index (χ3v) is 4.95. The van der Waals surface area contributed by atoms with E-state index >= 15 is 0 Å². The highest BCUT2D eigenvalue weighted by Crippen LogP contribution is 2.41. The molecule has 2 heterocycles. The number of anilines is 2. The van der Waals surface area contributed by atoms with Gasteiger partial charge in [0.1, 0.15) is 0 Å². The average molecular weight is 326 g/mol. The van der Waals surface area contributed by atoms with Crippen LogP contribution in [0.15, 0.2) is 41.4 Å². The Hall–Kier alpha value is -2.00. The van der Waals surface area contributed by atoms with Crippen molar-refractivity contribution in [3.8, 4) is 0 Å². The molecule has 3 nitrogen and oxygen atoms in total. The highest BCUT2D eigenvalue weighted by Gasteiger charge is 2.34. The fourth-order valence-corrected chi connectivity index (χ4v) is 3.43. The van der Waals surface area contributed by atoms with Gasteiger partial charge in [0, 0.05) is 18.1 Å². The summed E-state index contributed by atoms with van der Waals surface area (Å²) in [5.41, 5.74) is 6.46. The van der Waals surface area contributed by atoms with E-state index in [0.29, 0.717) is 0 Å². The Morgan fingerprint density at radius 2 is 1.74 bits per heavy atom. The molecular formula is C19H20ClN3. The number of hydrogen-bond donors (Lipinski definition) is 0. The Labute approximate surface area is 142 Å². The van der Waals surface area contributed by atoms with Gasteiger partial charge in [-0.05, 0) is 61.2 Å². The number of benzene rings is 2. The standard InChI is InChI=1S/C19H20ClN3/c1-13-10-17-18(11-14(13)2)23(19-21-8-3-9-22(17)19)12-15-4-6-16(20)7-5-15/h4-7,10-11H,3,8-9,12H2,1-2H3. The SMILES string of the molecule is Cc1cc2c(cc1C)N(Cc1ccc(Cl)cc1)C1=NCCCN12. The van der Waals surface area contributed by atoms with Gasteiger partial charge in [0.05, 0.1) is 17.9 Å². The van der Waals surface area contributed by atoms with E-state index in [2.05, 4.69) is 47.9 Å². The Kier molecular flexibility index (Phi) is 3.53. The minimum atomic E-state index is 0.777. The second kappa shape index (κ2) is 5.57. The van der Waals surface area contributed by atoms with Crippen LogP contribution in [0.3, 0.4) is 0 Å². The second-order valence-electron chi connectivity index (χ2n) is 6.32. The van der Waals surface area contributed by atoms with Crippen LogP contribution in [-0.4, -0.2) is 19.0 Å². The van der Waals surface area contributed by atoms with E-state index in [0.717, 1.165) is 37.0 Å². The average Bonchev–Trinajstić information content (AvgIpc) is 2.84. The zero-order valence-electron chi connectivity index (χ0n) is 13.5.